The van der Waals surface area contributed by atoms with Crippen molar-refractivity contribution >= 4 is 0 Å². The molecular formula is C21H25N3O4. The van der Waals surface area contributed by atoms with E-state index in [1.165, 1.54) is 0 Å². The molecule has 148 valence electrons. The maximum absolute atomic E-state index is 12.0. The largest absolute Gasteiger partial charge is 0.291 e. The highest BCUT2D eigenvalue weighted by molar-refractivity contribution is 5.31. The average Bonchev–Trinajstić information content (AvgIpc) is 2.60. The summed E-state index contributed by atoms with van der Waals surface area (Å²) in [4.78, 5) is 23.3. The Morgan fingerprint density at radius 3 is 1.36 bits per heavy atom. The lowest BCUT2D eigenvalue weighted by molar-refractivity contribution is -0.605. The van der Waals surface area contributed by atoms with Crippen LogP contribution in [0.4, 0.5) is 0 Å². The molecule has 1 heterocycles. The number of nitro groups is 2. The molecule has 28 heavy (non-hydrogen) atoms. The van der Waals surface area contributed by atoms with Crippen molar-refractivity contribution in [2.24, 2.45) is 5.41 Å². The maximum atomic E-state index is 12.0. The van der Waals surface area contributed by atoms with E-state index in [4.69, 9.17) is 0 Å². The summed E-state index contributed by atoms with van der Waals surface area (Å²) in [6, 6.07) is 11.5. The van der Waals surface area contributed by atoms with Gasteiger partial charge in [0.25, 0.3) is 0 Å². The highest BCUT2D eigenvalue weighted by atomic mass is 16.6. The molecule has 1 aliphatic heterocycles. The molecule has 1 N–H and O–H groups in total. The van der Waals surface area contributed by atoms with Crippen molar-refractivity contribution in [1.82, 2.24) is 5.32 Å². The normalized spacial score (nSPS) is 26.6. The van der Waals surface area contributed by atoms with Gasteiger partial charge < -0.3 is 0 Å². The second-order valence-corrected chi connectivity index (χ2v) is 8.23. The van der Waals surface area contributed by atoms with Crippen LogP contribution >= 0.6 is 0 Å². The highest BCUT2D eigenvalue weighted by Crippen LogP contribution is 2.46. The molecular weight excluding hydrogens is 358 g/mol. The molecule has 0 amide bonds. The molecule has 1 saturated heterocycles. The van der Waals surface area contributed by atoms with Crippen molar-refractivity contribution in [3.63, 3.8) is 0 Å². The smallest absolute Gasteiger partial charge is 0.243 e. The lowest BCUT2D eigenvalue weighted by atomic mass is 9.66. The quantitative estimate of drug-likeness (QED) is 0.635. The third-order valence-electron chi connectivity index (χ3n) is 5.84. The van der Waals surface area contributed by atoms with Gasteiger partial charge in [-0.15, -0.1) is 0 Å². The van der Waals surface area contributed by atoms with E-state index in [0.717, 1.165) is 22.3 Å². The van der Waals surface area contributed by atoms with Crippen LogP contribution in [0.1, 0.15) is 48.2 Å². The molecule has 2 aromatic rings. The van der Waals surface area contributed by atoms with Crippen molar-refractivity contribution in [2.45, 2.75) is 51.9 Å². The van der Waals surface area contributed by atoms with Crippen LogP contribution in [0, 0.1) is 39.5 Å². The van der Waals surface area contributed by atoms with Gasteiger partial charge in [-0.25, -0.2) is 0 Å². The van der Waals surface area contributed by atoms with Gasteiger partial charge in [0.15, 0.2) is 0 Å². The van der Waals surface area contributed by atoms with Gasteiger partial charge in [-0.2, -0.15) is 0 Å². The molecule has 0 unspecified atom stereocenters. The van der Waals surface area contributed by atoms with Crippen LogP contribution in [0.15, 0.2) is 48.5 Å². The zero-order valence-electron chi connectivity index (χ0n) is 16.5. The van der Waals surface area contributed by atoms with Crippen molar-refractivity contribution in [3.8, 4) is 0 Å². The Bertz CT molecular complexity index is 806. The summed E-state index contributed by atoms with van der Waals surface area (Å²) >= 11 is 0. The lowest BCUT2D eigenvalue weighted by Crippen LogP contribution is -2.63. The number of hydrogen-bond acceptors (Lipinski definition) is 5. The van der Waals surface area contributed by atoms with E-state index in [1.54, 1.807) is 13.8 Å². The predicted molar refractivity (Wildman–Crippen MR) is 106 cm³/mol. The predicted octanol–water partition coefficient (Wildman–Crippen LogP) is 4.01. The zero-order chi connectivity index (χ0) is 20.6. The van der Waals surface area contributed by atoms with E-state index in [0.29, 0.717) is 0 Å². The van der Waals surface area contributed by atoms with Gasteiger partial charge in [0.2, 0.25) is 12.1 Å². The van der Waals surface area contributed by atoms with Crippen molar-refractivity contribution in [2.75, 3.05) is 0 Å². The van der Waals surface area contributed by atoms with Crippen LogP contribution < -0.4 is 5.32 Å². The molecule has 0 bridgehead atoms. The van der Waals surface area contributed by atoms with E-state index in [-0.39, 0.29) is 9.85 Å². The minimum atomic E-state index is -1.16. The molecule has 1 aliphatic rings. The number of nitrogens with one attached hydrogen (secondary N) is 1. The zero-order valence-corrected chi connectivity index (χ0v) is 16.5. The van der Waals surface area contributed by atoms with Gasteiger partial charge in [-0.3, -0.25) is 25.5 Å². The topological polar surface area (TPSA) is 98.3 Å². The van der Waals surface area contributed by atoms with E-state index in [9.17, 15) is 20.2 Å². The SMILES string of the molecule is Cc1ccc([C@H]2N[C@@H](c3ccc(C)cc3)[C@@H]([N+](=O)[O-])C(C)(C)[C@@H]2[N+](=O)[O-])cc1. The summed E-state index contributed by atoms with van der Waals surface area (Å²) in [6.45, 7) is 7.17. The Kier molecular flexibility index (Phi) is 5.21. The fraction of sp³-hybridized carbons (Fsp3) is 0.429. The third kappa shape index (κ3) is 3.49. The lowest BCUT2D eigenvalue weighted by Gasteiger charge is -2.44. The molecule has 3 rings (SSSR count). The Morgan fingerprint density at radius 1 is 0.750 bits per heavy atom. The Balaban J connectivity index is 2.14. The monoisotopic (exact) mass is 383 g/mol. The molecule has 1 fully saturated rings. The van der Waals surface area contributed by atoms with Crippen LogP contribution in [-0.2, 0) is 0 Å². The molecule has 0 aliphatic carbocycles. The van der Waals surface area contributed by atoms with Crippen LogP contribution in [0.2, 0.25) is 0 Å². The highest BCUT2D eigenvalue weighted by Gasteiger charge is 2.62. The Hall–Kier alpha value is -2.80. The fourth-order valence-corrected chi connectivity index (χ4v) is 4.30. The molecule has 0 aromatic heterocycles. The third-order valence-corrected chi connectivity index (χ3v) is 5.84. The fourth-order valence-electron chi connectivity index (χ4n) is 4.30. The first-order valence-corrected chi connectivity index (χ1v) is 9.29. The standard InChI is InChI=1S/C21H25N3O4/c1-13-5-9-15(10-6-13)17-19(23(25)26)21(3,4)20(24(27)28)18(22-17)16-11-7-14(2)8-12-16/h5-12,17-20,22H,1-4H3/t17-,18+,19-,20-/m1/s1. The molecule has 2 aromatic carbocycles. The van der Waals surface area contributed by atoms with Gasteiger partial charge in [0, 0.05) is 9.85 Å². The number of aryl methyl sites for hydroxylation is 2. The van der Waals surface area contributed by atoms with Crippen LogP contribution in [0.25, 0.3) is 0 Å². The van der Waals surface area contributed by atoms with Gasteiger partial charge >= 0.3 is 0 Å². The van der Waals surface area contributed by atoms with Gasteiger partial charge in [0.1, 0.15) is 17.5 Å². The number of hydrogen-bond donors (Lipinski definition) is 1. The average molecular weight is 383 g/mol. The first-order valence-electron chi connectivity index (χ1n) is 9.29. The van der Waals surface area contributed by atoms with Crippen LogP contribution in [0.3, 0.4) is 0 Å². The molecule has 4 atom stereocenters. The minimum absolute atomic E-state index is 0.376. The van der Waals surface area contributed by atoms with Gasteiger partial charge in [-0.1, -0.05) is 59.7 Å². The number of rotatable bonds is 4. The first-order chi connectivity index (χ1) is 13.1. The second-order valence-electron chi connectivity index (χ2n) is 8.23. The summed E-state index contributed by atoms with van der Waals surface area (Å²) in [5.74, 6) is 0. The number of nitrogens with zero attached hydrogens (tertiary/aromatic N) is 2. The minimum Gasteiger partial charge on any atom is -0.291 e. The van der Waals surface area contributed by atoms with Gasteiger partial charge in [-0.05, 0) is 38.8 Å². The van der Waals surface area contributed by atoms with E-state index >= 15 is 0 Å². The molecule has 0 spiro atoms. The number of benzene rings is 2. The Morgan fingerprint density at radius 2 is 1.07 bits per heavy atom. The van der Waals surface area contributed by atoms with Crippen molar-refractivity contribution < 1.29 is 9.85 Å². The maximum Gasteiger partial charge on any atom is 0.243 e. The summed E-state index contributed by atoms with van der Waals surface area (Å²) in [6.07, 6.45) is 0. The van der Waals surface area contributed by atoms with Gasteiger partial charge in [0.05, 0.1) is 0 Å². The first kappa shape index (κ1) is 19.9. The van der Waals surface area contributed by atoms with E-state index < -0.39 is 29.6 Å². The second kappa shape index (κ2) is 7.31. The van der Waals surface area contributed by atoms with Crippen molar-refractivity contribution in [3.05, 3.63) is 91.0 Å². The Labute approximate surface area is 164 Å². The summed E-state index contributed by atoms with van der Waals surface area (Å²) in [5.41, 5.74) is 2.46. The van der Waals surface area contributed by atoms with Crippen molar-refractivity contribution in [1.29, 1.82) is 0 Å². The van der Waals surface area contributed by atoms with E-state index in [2.05, 4.69) is 5.32 Å². The molecule has 7 nitrogen and oxygen atoms in total. The van der Waals surface area contributed by atoms with Crippen LogP contribution in [0.5, 0.6) is 0 Å². The summed E-state index contributed by atoms with van der Waals surface area (Å²) in [7, 11) is 0. The number of piperidine rings is 1. The van der Waals surface area contributed by atoms with Crippen LogP contribution in [-0.4, -0.2) is 21.9 Å². The van der Waals surface area contributed by atoms with E-state index in [1.807, 2.05) is 62.4 Å². The molecule has 0 saturated carbocycles. The summed E-state index contributed by atoms with van der Waals surface area (Å²) < 4.78 is 0. The molecule has 0 radical (unpaired) electrons. The summed E-state index contributed by atoms with van der Waals surface area (Å²) in [5, 5.41) is 27.3. The molecule has 7 heteroatoms.